The van der Waals surface area contributed by atoms with Gasteiger partial charge in [0.15, 0.2) is 0 Å². The maximum atomic E-state index is 6.44. The summed E-state index contributed by atoms with van der Waals surface area (Å²) in [4.78, 5) is 2.46. The molecule has 2 unspecified atom stereocenters. The summed E-state index contributed by atoms with van der Waals surface area (Å²) in [6, 6.07) is 8.66. The van der Waals surface area contributed by atoms with Crippen LogP contribution in [-0.2, 0) is 11.2 Å². The molecule has 1 aromatic carbocycles. The summed E-state index contributed by atoms with van der Waals surface area (Å²) in [5.41, 5.74) is 9.03. The first-order valence-electron chi connectivity index (χ1n) is 7.93. The molecule has 0 aromatic heterocycles. The summed E-state index contributed by atoms with van der Waals surface area (Å²) >= 11 is 0. The highest BCUT2D eigenvalue weighted by Crippen LogP contribution is 2.21. The van der Waals surface area contributed by atoms with Gasteiger partial charge in [0, 0.05) is 13.1 Å². The monoisotopic (exact) mass is 276 g/mol. The third-order valence-corrected chi connectivity index (χ3v) is 3.99. The molecule has 2 rings (SSSR count). The lowest BCUT2D eigenvalue weighted by molar-refractivity contribution is -0.0408. The Morgan fingerprint density at radius 2 is 2.20 bits per heavy atom. The Morgan fingerprint density at radius 3 is 2.95 bits per heavy atom. The minimum Gasteiger partial charge on any atom is -0.374 e. The molecular weight excluding hydrogens is 248 g/mol. The topological polar surface area (TPSA) is 38.5 Å². The van der Waals surface area contributed by atoms with Crippen molar-refractivity contribution in [1.82, 2.24) is 4.90 Å². The highest BCUT2D eigenvalue weighted by atomic mass is 16.5. The average Bonchev–Trinajstić information content (AvgIpc) is 2.48. The molecule has 2 atom stereocenters. The number of ether oxygens (including phenoxy) is 1. The number of morpholine rings is 1. The smallest absolute Gasteiger partial charge is 0.0894 e. The summed E-state index contributed by atoms with van der Waals surface area (Å²) in [7, 11) is 0. The quantitative estimate of drug-likeness (QED) is 0.868. The minimum absolute atomic E-state index is 0.0218. The van der Waals surface area contributed by atoms with Gasteiger partial charge in [-0.05, 0) is 30.5 Å². The Morgan fingerprint density at radius 1 is 1.35 bits per heavy atom. The highest BCUT2D eigenvalue weighted by Gasteiger charge is 2.26. The highest BCUT2D eigenvalue weighted by molar-refractivity contribution is 5.27. The molecule has 0 aliphatic carbocycles. The van der Waals surface area contributed by atoms with Crippen molar-refractivity contribution >= 4 is 0 Å². The maximum Gasteiger partial charge on any atom is 0.0894 e. The van der Waals surface area contributed by atoms with Gasteiger partial charge in [0.2, 0.25) is 0 Å². The number of hydrogen-bond acceptors (Lipinski definition) is 3. The molecule has 1 aliphatic rings. The van der Waals surface area contributed by atoms with Gasteiger partial charge in [-0.15, -0.1) is 0 Å². The maximum absolute atomic E-state index is 6.44. The fraction of sp³-hybridized carbons (Fsp3) is 0.647. The van der Waals surface area contributed by atoms with E-state index >= 15 is 0 Å². The summed E-state index contributed by atoms with van der Waals surface area (Å²) in [5.74, 6) is 0. The standard InChI is InChI=1S/C17H28N2O/c1-3-6-14-7-5-8-15(12-14)17(18)16-13-19(9-4-2)10-11-20-16/h5,7-8,12,16-17H,3-4,6,9-11,13,18H2,1-2H3. The molecule has 0 saturated carbocycles. The van der Waals surface area contributed by atoms with E-state index < -0.39 is 0 Å². The molecule has 0 radical (unpaired) electrons. The van der Waals surface area contributed by atoms with E-state index in [1.807, 2.05) is 0 Å². The number of aryl methyl sites for hydroxylation is 1. The van der Waals surface area contributed by atoms with Crippen LogP contribution in [0.3, 0.4) is 0 Å². The van der Waals surface area contributed by atoms with Crippen molar-refractivity contribution < 1.29 is 4.74 Å². The Kier molecular flexibility index (Phi) is 6.02. The van der Waals surface area contributed by atoms with E-state index in [2.05, 4.69) is 43.0 Å². The lowest BCUT2D eigenvalue weighted by atomic mass is 9.97. The molecule has 0 spiro atoms. The molecule has 0 amide bonds. The van der Waals surface area contributed by atoms with E-state index in [0.29, 0.717) is 0 Å². The van der Waals surface area contributed by atoms with Crippen LogP contribution in [-0.4, -0.2) is 37.2 Å². The van der Waals surface area contributed by atoms with Crippen molar-refractivity contribution in [3.05, 3.63) is 35.4 Å². The van der Waals surface area contributed by atoms with E-state index in [-0.39, 0.29) is 12.1 Å². The number of benzene rings is 1. The normalized spacial score (nSPS) is 21.9. The molecule has 1 aromatic rings. The summed E-state index contributed by atoms with van der Waals surface area (Å²) in [5, 5.41) is 0. The zero-order valence-corrected chi connectivity index (χ0v) is 12.8. The molecule has 0 bridgehead atoms. The SMILES string of the molecule is CCCc1cccc(C(N)C2CN(CCC)CCO2)c1. The van der Waals surface area contributed by atoms with Gasteiger partial charge in [0.05, 0.1) is 18.8 Å². The van der Waals surface area contributed by atoms with E-state index in [1.54, 1.807) is 0 Å². The van der Waals surface area contributed by atoms with Crippen LogP contribution in [0.1, 0.15) is 43.9 Å². The van der Waals surface area contributed by atoms with Crippen LogP contribution in [0.15, 0.2) is 24.3 Å². The first kappa shape index (κ1) is 15.5. The van der Waals surface area contributed by atoms with E-state index in [0.717, 1.165) is 32.7 Å². The molecule has 3 nitrogen and oxygen atoms in total. The summed E-state index contributed by atoms with van der Waals surface area (Å²) in [6.45, 7) is 8.35. The van der Waals surface area contributed by atoms with E-state index in [1.165, 1.54) is 24.0 Å². The Hall–Kier alpha value is -0.900. The van der Waals surface area contributed by atoms with Crippen LogP contribution in [0.4, 0.5) is 0 Å². The molecule has 112 valence electrons. The predicted octanol–water partition coefficient (Wildman–Crippen LogP) is 2.75. The fourth-order valence-corrected chi connectivity index (χ4v) is 2.93. The van der Waals surface area contributed by atoms with Crippen molar-refractivity contribution in [2.45, 2.75) is 45.3 Å². The van der Waals surface area contributed by atoms with Crippen molar-refractivity contribution in [2.75, 3.05) is 26.2 Å². The predicted molar refractivity (Wildman–Crippen MR) is 83.8 cm³/mol. The third-order valence-electron chi connectivity index (χ3n) is 3.99. The van der Waals surface area contributed by atoms with Crippen molar-refractivity contribution in [1.29, 1.82) is 0 Å². The molecule has 1 saturated heterocycles. The van der Waals surface area contributed by atoms with E-state index in [9.17, 15) is 0 Å². The van der Waals surface area contributed by atoms with E-state index in [4.69, 9.17) is 10.5 Å². The number of nitrogens with zero attached hydrogens (tertiary/aromatic N) is 1. The Bertz CT molecular complexity index is 406. The Balaban J connectivity index is 2.02. The van der Waals surface area contributed by atoms with Crippen LogP contribution < -0.4 is 5.73 Å². The largest absolute Gasteiger partial charge is 0.374 e. The molecular formula is C17H28N2O. The van der Waals surface area contributed by atoms with Gasteiger partial charge in [-0.2, -0.15) is 0 Å². The van der Waals surface area contributed by atoms with Crippen molar-refractivity contribution in [3.8, 4) is 0 Å². The molecule has 2 N–H and O–H groups in total. The minimum atomic E-state index is -0.0218. The number of nitrogens with two attached hydrogens (primary N) is 1. The van der Waals surface area contributed by atoms with Crippen LogP contribution >= 0.6 is 0 Å². The third kappa shape index (κ3) is 4.05. The van der Waals surface area contributed by atoms with Crippen LogP contribution in [0.25, 0.3) is 0 Å². The summed E-state index contributed by atoms with van der Waals surface area (Å²) in [6.07, 6.45) is 3.59. The Labute approximate surface area is 123 Å². The zero-order valence-electron chi connectivity index (χ0n) is 12.8. The molecule has 1 fully saturated rings. The van der Waals surface area contributed by atoms with Gasteiger partial charge in [-0.3, -0.25) is 4.90 Å². The molecule has 3 heteroatoms. The first-order chi connectivity index (χ1) is 9.74. The van der Waals surface area contributed by atoms with Gasteiger partial charge >= 0.3 is 0 Å². The lowest BCUT2D eigenvalue weighted by Gasteiger charge is -2.35. The second kappa shape index (κ2) is 7.77. The van der Waals surface area contributed by atoms with Crippen molar-refractivity contribution in [3.63, 3.8) is 0 Å². The molecule has 1 heterocycles. The van der Waals surface area contributed by atoms with Gasteiger partial charge in [0.1, 0.15) is 0 Å². The van der Waals surface area contributed by atoms with Crippen molar-refractivity contribution in [2.24, 2.45) is 5.73 Å². The second-order valence-corrected chi connectivity index (χ2v) is 5.73. The van der Waals surface area contributed by atoms with Gasteiger partial charge in [-0.1, -0.05) is 44.5 Å². The van der Waals surface area contributed by atoms with Crippen LogP contribution in [0, 0.1) is 0 Å². The number of rotatable bonds is 6. The summed E-state index contributed by atoms with van der Waals surface area (Å²) < 4.78 is 5.90. The van der Waals surface area contributed by atoms with Gasteiger partial charge < -0.3 is 10.5 Å². The lowest BCUT2D eigenvalue weighted by Crippen LogP contribution is -2.47. The molecule has 20 heavy (non-hydrogen) atoms. The molecule has 1 aliphatic heterocycles. The zero-order chi connectivity index (χ0) is 14.4. The second-order valence-electron chi connectivity index (χ2n) is 5.73. The van der Waals surface area contributed by atoms with Crippen LogP contribution in [0.5, 0.6) is 0 Å². The average molecular weight is 276 g/mol. The fourth-order valence-electron chi connectivity index (χ4n) is 2.93. The van der Waals surface area contributed by atoms with Crippen LogP contribution in [0.2, 0.25) is 0 Å². The number of hydrogen-bond donors (Lipinski definition) is 1. The van der Waals surface area contributed by atoms with Gasteiger partial charge in [0.25, 0.3) is 0 Å². The first-order valence-corrected chi connectivity index (χ1v) is 7.93. The van der Waals surface area contributed by atoms with Gasteiger partial charge in [-0.25, -0.2) is 0 Å².